The number of nitrogens with zero attached hydrogens (tertiary/aromatic N) is 4. The Morgan fingerprint density at radius 3 is 2.42 bits per heavy atom. The lowest BCUT2D eigenvalue weighted by Crippen LogP contribution is -2.45. The van der Waals surface area contributed by atoms with Crippen LogP contribution in [0.3, 0.4) is 0 Å². The van der Waals surface area contributed by atoms with Crippen molar-refractivity contribution in [3.8, 4) is 11.3 Å². The van der Waals surface area contributed by atoms with E-state index >= 15 is 0 Å². The largest absolute Gasteiger partial charge is 0.355 e. The zero-order valence-electron chi connectivity index (χ0n) is 17.5. The van der Waals surface area contributed by atoms with Crippen molar-refractivity contribution in [2.24, 2.45) is 5.92 Å². The van der Waals surface area contributed by atoms with Crippen molar-refractivity contribution in [2.75, 3.05) is 22.9 Å². The number of fused-ring (bicyclic) bond motifs is 1. The first-order valence-electron chi connectivity index (χ1n) is 10.9. The van der Waals surface area contributed by atoms with E-state index in [1.165, 1.54) is 17.7 Å². The average molecular weight is 417 g/mol. The molecule has 1 unspecified atom stereocenters. The summed E-state index contributed by atoms with van der Waals surface area (Å²) in [6.07, 6.45) is 2.55. The second kappa shape index (κ2) is 8.10. The smallest absolute Gasteiger partial charge is 0.230 e. The van der Waals surface area contributed by atoms with E-state index in [0.717, 1.165) is 55.1 Å². The Morgan fingerprint density at radius 2 is 1.71 bits per heavy atom. The first-order chi connectivity index (χ1) is 15.1. The molecule has 0 bridgehead atoms. The number of para-hydroxylation sites is 1. The number of carbonyl (C=O) groups is 1. The number of hydrogen-bond donors (Lipinski definition) is 0. The number of benzene rings is 2. The highest BCUT2D eigenvalue weighted by atomic mass is 19.1. The fraction of sp³-hybridized carbons (Fsp3) is 0.320. The highest BCUT2D eigenvalue weighted by Crippen LogP contribution is 2.35. The summed E-state index contributed by atoms with van der Waals surface area (Å²) in [4.78, 5) is 17.5. The highest BCUT2D eigenvalue weighted by molar-refractivity contribution is 5.97. The van der Waals surface area contributed by atoms with Gasteiger partial charge in [0, 0.05) is 36.3 Å². The summed E-state index contributed by atoms with van der Waals surface area (Å²) >= 11 is 0. The lowest BCUT2D eigenvalue weighted by Gasteiger charge is -2.35. The van der Waals surface area contributed by atoms with Gasteiger partial charge in [0.1, 0.15) is 5.82 Å². The summed E-state index contributed by atoms with van der Waals surface area (Å²) in [5.41, 5.74) is 3.89. The van der Waals surface area contributed by atoms with Crippen LogP contribution in [0.5, 0.6) is 0 Å². The van der Waals surface area contributed by atoms with Crippen molar-refractivity contribution < 1.29 is 9.18 Å². The van der Waals surface area contributed by atoms with Crippen molar-refractivity contribution in [2.45, 2.75) is 32.2 Å². The highest BCUT2D eigenvalue weighted by Gasteiger charge is 2.36. The molecule has 5 nitrogen and oxygen atoms in total. The summed E-state index contributed by atoms with van der Waals surface area (Å²) < 4.78 is 13.1. The van der Waals surface area contributed by atoms with Gasteiger partial charge in [-0.1, -0.05) is 18.2 Å². The number of piperidine rings is 1. The standard InChI is InChI=1S/C25H25FN4O/c1-17-16-20-4-2-3-5-23(20)30(17)25(31)19-12-14-29(15-13-19)24-11-10-22(27-28-24)18-6-8-21(26)9-7-18/h2-11,17,19H,12-16H2,1H3. The minimum absolute atomic E-state index is 0.0382. The van der Waals surface area contributed by atoms with Crippen molar-refractivity contribution in [3.63, 3.8) is 0 Å². The Bertz CT molecular complexity index is 1080. The first kappa shape index (κ1) is 19.7. The molecule has 158 valence electrons. The number of aromatic nitrogens is 2. The molecule has 31 heavy (non-hydrogen) atoms. The first-order valence-corrected chi connectivity index (χ1v) is 10.9. The van der Waals surface area contributed by atoms with Crippen LogP contribution in [0.1, 0.15) is 25.3 Å². The van der Waals surface area contributed by atoms with Crippen molar-refractivity contribution in [3.05, 3.63) is 72.0 Å². The second-order valence-corrected chi connectivity index (χ2v) is 8.44. The maximum Gasteiger partial charge on any atom is 0.230 e. The van der Waals surface area contributed by atoms with Crippen LogP contribution in [0.25, 0.3) is 11.3 Å². The molecule has 0 saturated carbocycles. The molecule has 3 heterocycles. The topological polar surface area (TPSA) is 49.3 Å². The van der Waals surface area contributed by atoms with Gasteiger partial charge in [0.05, 0.1) is 5.69 Å². The van der Waals surface area contributed by atoms with Gasteiger partial charge in [-0.2, -0.15) is 0 Å². The molecule has 1 atom stereocenters. The molecule has 6 heteroatoms. The van der Waals surface area contributed by atoms with E-state index in [-0.39, 0.29) is 23.7 Å². The van der Waals surface area contributed by atoms with Gasteiger partial charge in [-0.25, -0.2) is 4.39 Å². The fourth-order valence-corrected chi connectivity index (χ4v) is 4.72. The lowest BCUT2D eigenvalue weighted by molar-refractivity contribution is -0.123. The van der Waals surface area contributed by atoms with Crippen LogP contribution >= 0.6 is 0 Å². The number of amides is 1. The summed E-state index contributed by atoms with van der Waals surface area (Å²) in [7, 11) is 0. The maximum absolute atomic E-state index is 13.3. The predicted molar refractivity (Wildman–Crippen MR) is 119 cm³/mol. The zero-order valence-corrected chi connectivity index (χ0v) is 17.5. The second-order valence-electron chi connectivity index (χ2n) is 8.44. The van der Waals surface area contributed by atoms with E-state index in [9.17, 15) is 9.18 Å². The van der Waals surface area contributed by atoms with E-state index in [1.807, 2.05) is 29.2 Å². The fourth-order valence-electron chi connectivity index (χ4n) is 4.72. The van der Waals surface area contributed by atoms with E-state index in [2.05, 4.69) is 34.2 Å². The van der Waals surface area contributed by atoms with Gasteiger partial charge in [0.2, 0.25) is 5.91 Å². The van der Waals surface area contributed by atoms with Crippen LogP contribution in [0.2, 0.25) is 0 Å². The molecule has 1 fully saturated rings. The number of carbonyl (C=O) groups excluding carboxylic acids is 1. The Labute approximate surface area is 181 Å². The van der Waals surface area contributed by atoms with E-state index in [0.29, 0.717) is 0 Å². The third-order valence-corrected chi connectivity index (χ3v) is 6.40. The average Bonchev–Trinajstić information content (AvgIpc) is 3.15. The molecule has 1 amide bonds. The van der Waals surface area contributed by atoms with Gasteiger partial charge in [0.15, 0.2) is 5.82 Å². The van der Waals surface area contributed by atoms with Crippen LogP contribution in [-0.4, -0.2) is 35.2 Å². The third kappa shape index (κ3) is 3.78. The molecule has 1 saturated heterocycles. The van der Waals surface area contributed by atoms with Crippen LogP contribution < -0.4 is 9.80 Å². The Balaban J connectivity index is 1.23. The van der Waals surface area contributed by atoms with E-state index < -0.39 is 0 Å². The van der Waals surface area contributed by atoms with Crippen molar-refractivity contribution in [1.29, 1.82) is 0 Å². The summed E-state index contributed by atoms with van der Waals surface area (Å²) in [5, 5.41) is 8.69. The number of anilines is 2. The Kier molecular flexibility index (Phi) is 5.14. The molecule has 0 N–H and O–H groups in total. The minimum Gasteiger partial charge on any atom is -0.355 e. The Hall–Kier alpha value is -3.28. The van der Waals surface area contributed by atoms with Crippen LogP contribution in [0.4, 0.5) is 15.9 Å². The minimum atomic E-state index is -0.266. The van der Waals surface area contributed by atoms with Gasteiger partial charge in [-0.15, -0.1) is 10.2 Å². The SMILES string of the molecule is CC1Cc2ccccc2N1C(=O)C1CCN(c2ccc(-c3ccc(F)cc3)nn2)CC1. The summed E-state index contributed by atoms with van der Waals surface area (Å²) in [6.45, 7) is 3.70. The van der Waals surface area contributed by atoms with Gasteiger partial charge >= 0.3 is 0 Å². The Morgan fingerprint density at radius 1 is 0.968 bits per heavy atom. The number of hydrogen-bond acceptors (Lipinski definition) is 4. The molecule has 1 aromatic heterocycles. The molecule has 5 rings (SSSR count). The molecule has 0 radical (unpaired) electrons. The van der Waals surface area contributed by atoms with Gasteiger partial charge in [-0.3, -0.25) is 4.79 Å². The van der Waals surface area contributed by atoms with Gasteiger partial charge in [-0.05, 0) is 74.2 Å². The van der Waals surface area contributed by atoms with Crippen LogP contribution in [0, 0.1) is 11.7 Å². The quantitative estimate of drug-likeness (QED) is 0.632. The monoisotopic (exact) mass is 416 g/mol. The molecule has 0 aliphatic carbocycles. The van der Waals surface area contributed by atoms with Gasteiger partial charge < -0.3 is 9.80 Å². The third-order valence-electron chi connectivity index (χ3n) is 6.40. The van der Waals surface area contributed by atoms with E-state index in [1.54, 1.807) is 12.1 Å². The summed E-state index contributed by atoms with van der Waals surface area (Å²) in [5.74, 6) is 0.834. The zero-order chi connectivity index (χ0) is 21.4. The summed E-state index contributed by atoms with van der Waals surface area (Å²) in [6, 6.07) is 18.6. The molecule has 3 aromatic rings. The predicted octanol–water partition coefficient (Wildman–Crippen LogP) is 4.48. The molecule has 2 aromatic carbocycles. The van der Waals surface area contributed by atoms with Crippen LogP contribution in [-0.2, 0) is 11.2 Å². The van der Waals surface area contributed by atoms with Crippen molar-refractivity contribution in [1.82, 2.24) is 10.2 Å². The molecular weight excluding hydrogens is 391 g/mol. The molecule has 2 aliphatic rings. The van der Waals surface area contributed by atoms with Gasteiger partial charge in [0.25, 0.3) is 0 Å². The number of halogens is 1. The molecular formula is C25H25FN4O. The van der Waals surface area contributed by atoms with E-state index in [4.69, 9.17) is 0 Å². The lowest BCUT2D eigenvalue weighted by atomic mass is 9.94. The van der Waals surface area contributed by atoms with Crippen molar-refractivity contribution >= 4 is 17.4 Å². The maximum atomic E-state index is 13.3. The molecule has 0 spiro atoms. The normalized spacial score (nSPS) is 18.8. The number of rotatable bonds is 3. The van der Waals surface area contributed by atoms with Crippen LogP contribution in [0.15, 0.2) is 60.7 Å². The molecule has 2 aliphatic heterocycles.